The Morgan fingerprint density at radius 2 is 2.25 bits per heavy atom. The van der Waals surface area contributed by atoms with Crippen molar-refractivity contribution in [2.45, 2.75) is 31.5 Å². The molecule has 5 nitrogen and oxygen atoms in total. The standard InChI is InChI=1S/C15H16N4O/c1-2-3-7-15(18-19-15)8-9-16-13-6-4-5-11-12(13)10-17-14(11)20/h1,4-6,16H,3,7-10H2,(H,17,20). The summed E-state index contributed by atoms with van der Waals surface area (Å²) in [7, 11) is 0. The number of anilines is 1. The first-order chi connectivity index (χ1) is 9.74. The second kappa shape index (κ2) is 4.97. The molecule has 0 atom stereocenters. The van der Waals surface area contributed by atoms with Crippen LogP contribution < -0.4 is 10.6 Å². The van der Waals surface area contributed by atoms with Gasteiger partial charge in [-0.2, -0.15) is 10.2 Å². The maximum absolute atomic E-state index is 11.6. The van der Waals surface area contributed by atoms with Gasteiger partial charge in [0.25, 0.3) is 5.91 Å². The number of fused-ring (bicyclic) bond motifs is 1. The molecule has 0 aliphatic carbocycles. The number of carbonyl (C=O) groups is 1. The quantitative estimate of drug-likeness (QED) is 0.777. The minimum Gasteiger partial charge on any atom is -0.385 e. The molecule has 0 bridgehead atoms. The summed E-state index contributed by atoms with van der Waals surface area (Å²) in [6.45, 7) is 1.36. The molecule has 0 spiro atoms. The summed E-state index contributed by atoms with van der Waals surface area (Å²) < 4.78 is 0. The summed E-state index contributed by atoms with van der Waals surface area (Å²) in [6, 6.07) is 5.74. The van der Waals surface area contributed by atoms with Crippen LogP contribution >= 0.6 is 0 Å². The van der Waals surface area contributed by atoms with Crippen molar-refractivity contribution in [1.82, 2.24) is 5.32 Å². The number of hydrogen-bond acceptors (Lipinski definition) is 4. The SMILES string of the molecule is C#CCCC1(CCNc2cccc3c2CNC3=O)N=N1. The van der Waals surface area contributed by atoms with Gasteiger partial charge < -0.3 is 10.6 Å². The largest absolute Gasteiger partial charge is 0.385 e. The van der Waals surface area contributed by atoms with Crippen LogP contribution in [0.1, 0.15) is 35.2 Å². The number of rotatable bonds is 6. The Labute approximate surface area is 117 Å². The molecule has 0 fully saturated rings. The van der Waals surface area contributed by atoms with Crippen molar-refractivity contribution in [3.8, 4) is 12.3 Å². The van der Waals surface area contributed by atoms with Crippen LogP contribution in [0.3, 0.4) is 0 Å². The fourth-order valence-corrected chi connectivity index (χ4v) is 2.48. The van der Waals surface area contributed by atoms with Gasteiger partial charge in [0.2, 0.25) is 0 Å². The van der Waals surface area contributed by atoms with E-state index < -0.39 is 0 Å². The lowest BCUT2D eigenvalue weighted by molar-refractivity contribution is 0.0966. The van der Waals surface area contributed by atoms with Crippen molar-refractivity contribution < 1.29 is 4.79 Å². The molecule has 3 rings (SSSR count). The zero-order valence-electron chi connectivity index (χ0n) is 11.1. The van der Waals surface area contributed by atoms with E-state index in [0.717, 1.165) is 36.2 Å². The minimum absolute atomic E-state index is 0.00123. The Balaban J connectivity index is 1.58. The lowest BCUT2D eigenvalue weighted by Gasteiger charge is -2.12. The van der Waals surface area contributed by atoms with Gasteiger partial charge in [-0.15, -0.1) is 12.3 Å². The maximum atomic E-state index is 11.6. The fourth-order valence-electron chi connectivity index (χ4n) is 2.48. The Kier molecular flexibility index (Phi) is 3.15. The lowest BCUT2D eigenvalue weighted by atomic mass is 10.0. The van der Waals surface area contributed by atoms with Crippen LogP contribution in [0, 0.1) is 12.3 Å². The Bertz CT molecular complexity index is 609. The van der Waals surface area contributed by atoms with Crippen molar-refractivity contribution in [2.24, 2.45) is 10.2 Å². The molecule has 5 heteroatoms. The topological polar surface area (TPSA) is 65.8 Å². The Morgan fingerprint density at radius 1 is 1.40 bits per heavy atom. The van der Waals surface area contributed by atoms with Crippen molar-refractivity contribution >= 4 is 11.6 Å². The summed E-state index contributed by atoms with van der Waals surface area (Å²) in [5, 5.41) is 14.4. The zero-order valence-corrected chi connectivity index (χ0v) is 11.1. The van der Waals surface area contributed by atoms with Crippen molar-refractivity contribution in [3.05, 3.63) is 29.3 Å². The highest BCUT2D eigenvalue weighted by Gasteiger charge is 2.38. The molecule has 1 aromatic rings. The van der Waals surface area contributed by atoms with Crippen LogP contribution in [0.25, 0.3) is 0 Å². The number of nitrogens with zero attached hydrogens (tertiary/aromatic N) is 2. The Morgan fingerprint density at radius 3 is 3.00 bits per heavy atom. The van der Waals surface area contributed by atoms with Crippen LogP contribution in [0.4, 0.5) is 5.69 Å². The lowest BCUT2D eigenvalue weighted by Crippen LogP contribution is -2.17. The van der Waals surface area contributed by atoms with Gasteiger partial charge in [-0.25, -0.2) is 0 Å². The molecule has 0 radical (unpaired) electrons. The number of amides is 1. The van der Waals surface area contributed by atoms with Crippen LogP contribution in [-0.2, 0) is 6.54 Å². The Hall–Kier alpha value is -2.35. The molecule has 0 saturated carbocycles. The van der Waals surface area contributed by atoms with E-state index in [-0.39, 0.29) is 11.6 Å². The van der Waals surface area contributed by atoms with Crippen LogP contribution in [0.5, 0.6) is 0 Å². The number of benzene rings is 1. The molecule has 0 unspecified atom stereocenters. The van der Waals surface area contributed by atoms with E-state index in [1.165, 1.54) is 0 Å². The monoisotopic (exact) mass is 268 g/mol. The number of terminal acetylenes is 1. The van der Waals surface area contributed by atoms with Crippen molar-refractivity contribution in [3.63, 3.8) is 0 Å². The summed E-state index contributed by atoms with van der Waals surface area (Å²) in [6.07, 6.45) is 7.62. The first kappa shape index (κ1) is 12.7. The average molecular weight is 268 g/mol. The predicted molar refractivity (Wildman–Crippen MR) is 76.4 cm³/mol. The molecule has 1 aromatic carbocycles. The normalized spacial score (nSPS) is 17.2. The number of carbonyl (C=O) groups excluding carboxylic acids is 1. The van der Waals surface area contributed by atoms with Crippen LogP contribution in [0.2, 0.25) is 0 Å². The zero-order chi connectivity index (χ0) is 14.0. The van der Waals surface area contributed by atoms with Crippen LogP contribution in [0.15, 0.2) is 28.4 Å². The van der Waals surface area contributed by atoms with Gasteiger partial charge >= 0.3 is 0 Å². The van der Waals surface area contributed by atoms with E-state index in [4.69, 9.17) is 6.42 Å². The van der Waals surface area contributed by atoms with Crippen LogP contribution in [-0.4, -0.2) is 18.1 Å². The van der Waals surface area contributed by atoms with Gasteiger partial charge in [0.15, 0.2) is 5.66 Å². The molecule has 1 amide bonds. The van der Waals surface area contributed by atoms with E-state index in [2.05, 4.69) is 26.8 Å². The molecule has 2 aliphatic heterocycles. The van der Waals surface area contributed by atoms with E-state index in [9.17, 15) is 4.79 Å². The molecule has 20 heavy (non-hydrogen) atoms. The smallest absolute Gasteiger partial charge is 0.251 e. The third-order valence-corrected chi connectivity index (χ3v) is 3.74. The third-order valence-electron chi connectivity index (χ3n) is 3.74. The predicted octanol–water partition coefficient (Wildman–Crippen LogP) is 2.31. The van der Waals surface area contributed by atoms with E-state index in [1.54, 1.807) is 0 Å². The molecule has 2 N–H and O–H groups in total. The highest BCUT2D eigenvalue weighted by atomic mass is 16.1. The first-order valence-corrected chi connectivity index (χ1v) is 6.76. The van der Waals surface area contributed by atoms with Crippen molar-refractivity contribution in [2.75, 3.05) is 11.9 Å². The van der Waals surface area contributed by atoms with E-state index in [0.29, 0.717) is 13.0 Å². The molecule has 102 valence electrons. The first-order valence-electron chi connectivity index (χ1n) is 6.76. The molecule has 0 saturated heterocycles. The molecule has 0 aromatic heterocycles. The van der Waals surface area contributed by atoms with Gasteiger partial charge in [0.05, 0.1) is 0 Å². The highest BCUT2D eigenvalue weighted by molar-refractivity contribution is 5.99. The summed E-state index contributed by atoms with van der Waals surface area (Å²) in [4.78, 5) is 11.6. The molecule has 2 aliphatic rings. The van der Waals surface area contributed by atoms with E-state index in [1.807, 2.05) is 18.2 Å². The summed E-state index contributed by atoms with van der Waals surface area (Å²) in [5.41, 5.74) is 2.55. The number of hydrogen-bond donors (Lipinski definition) is 2. The molecule has 2 heterocycles. The van der Waals surface area contributed by atoms with E-state index >= 15 is 0 Å². The number of nitrogens with one attached hydrogen (secondary N) is 2. The fraction of sp³-hybridized carbons (Fsp3) is 0.400. The highest BCUT2D eigenvalue weighted by Crippen LogP contribution is 2.36. The second-order valence-electron chi connectivity index (χ2n) is 5.08. The second-order valence-corrected chi connectivity index (χ2v) is 5.08. The summed E-state index contributed by atoms with van der Waals surface area (Å²) in [5.74, 6) is 2.63. The van der Waals surface area contributed by atoms with Crippen molar-refractivity contribution in [1.29, 1.82) is 0 Å². The van der Waals surface area contributed by atoms with Gasteiger partial charge in [0.1, 0.15) is 0 Å². The third kappa shape index (κ3) is 2.37. The molecular formula is C15H16N4O. The minimum atomic E-state index is -0.259. The van der Waals surface area contributed by atoms with Gasteiger partial charge in [-0.05, 0) is 12.1 Å². The molecular weight excluding hydrogens is 252 g/mol. The van der Waals surface area contributed by atoms with Gasteiger partial charge in [-0.1, -0.05) is 6.07 Å². The maximum Gasteiger partial charge on any atom is 0.251 e. The van der Waals surface area contributed by atoms with Gasteiger partial charge in [-0.3, -0.25) is 4.79 Å². The van der Waals surface area contributed by atoms with Gasteiger partial charge in [0, 0.05) is 49.2 Å². The summed E-state index contributed by atoms with van der Waals surface area (Å²) >= 11 is 0. The average Bonchev–Trinajstić information content (AvgIpc) is 3.13.